The van der Waals surface area contributed by atoms with Gasteiger partial charge < -0.3 is 20.5 Å². The van der Waals surface area contributed by atoms with Gasteiger partial charge in [0.1, 0.15) is 0 Å². The minimum Gasteiger partial charge on any atom is -0.369 e. The molecular weight excluding hydrogens is 234 g/mol. The molecule has 1 aliphatic heterocycles. The molecule has 0 spiro atoms. The zero-order valence-electron chi connectivity index (χ0n) is 10.2. The van der Waals surface area contributed by atoms with Crippen molar-refractivity contribution in [1.82, 2.24) is 19.9 Å². The normalized spacial score (nSPS) is 17.5. The summed E-state index contributed by atoms with van der Waals surface area (Å²) in [6.45, 7) is 3.95. The van der Waals surface area contributed by atoms with E-state index in [-0.39, 0.29) is 11.5 Å². The summed E-state index contributed by atoms with van der Waals surface area (Å²) < 4.78 is 0. The summed E-state index contributed by atoms with van der Waals surface area (Å²) in [5, 5.41) is 0. The number of anilines is 2. The Hall–Kier alpha value is -2.09. The van der Waals surface area contributed by atoms with E-state index in [9.17, 15) is 4.79 Å². The van der Waals surface area contributed by atoms with Crippen LogP contribution in [0.2, 0.25) is 0 Å². The second-order valence-electron chi connectivity index (χ2n) is 4.65. The first-order valence-electron chi connectivity index (χ1n) is 5.95. The van der Waals surface area contributed by atoms with Crippen LogP contribution in [0, 0.1) is 0 Å². The monoisotopic (exact) mass is 250 g/mol. The number of aromatic amines is 2. The summed E-state index contributed by atoms with van der Waals surface area (Å²) in [7, 11) is 2.17. The third-order valence-corrected chi connectivity index (χ3v) is 3.28. The third-order valence-electron chi connectivity index (χ3n) is 3.28. The number of piperazine rings is 1. The number of aromatic nitrogens is 4. The van der Waals surface area contributed by atoms with Crippen LogP contribution >= 0.6 is 0 Å². The van der Waals surface area contributed by atoms with Crippen molar-refractivity contribution in [3.8, 4) is 0 Å². The van der Waals surface area contributed by atoms with E-state index in [1.807, 2.05) is 0 Å². The molecule has 0 aromatic carbocycles. The van der Waals surface area contributed by atoms with Crippen molar-refractivity contribution in [1.29, 1.82) is 0 Å². The Morgan fingerprint density at radius 1 is 1.28 bits per heavy atom. The summed E-state index contributed by atoms with van der Waals surface area (Å²) in [5.74, 6) is 0.787. The van der Waals surface area contributed by atoms with Crippen molar-refractivity contribution in [2.24, 2.45) is 0 Å². The Morgan fingerprint density at radius 3 is 2.72 bits per heavy atom. The Morgan fingerprint density at radius 2 is 2.00 bits per heavy atom. The van der Waals surface area contributed by atoms with Crippen LogP contribution in [-0.2, 0) is 0 Å². The van der Waals surface area contributed by atoms with Crippen LogP contribution < -0.4 is 21.1 Å². The number of nitrogens with one attached hydrogen (secondary N) is 3. The van der Waals surface area contributed by atoms with Crippen LogP contribution in [0.15, 0.2) is 4.79 Å². The molecule has 0 atom stereocenters. The van der Waals surface area contributed by atoms with Gasteiger partial charge in [-0.15, -0.1) is 0 Å². The van der Waals surface area contributed by atoms with Crippen LogP contribution in [0.3, 0.4) is 0 Å². The molecule has 0 saturated carbocycles. The summed E-state index contributed by atoms with van der Waals surface area (Å²) in [6.07, 6.45) is 0. The van der Waals surface area contributed by atoms with Gasteiger partial charge in [0.2, 0.25) is 11.9 Å². The lowest BCUT2D eigenvalue weighted by molar-refractivity contribution is -0.880. The first-order valence-corrected chi connectivity index (χ1v) is 5.95. The maximum atomic E-state index is 11.7. The van der Waals surface area contributed by atoms with Gasteiger partial charge in [0.15, 0.2) is 11.2 Å². The van der Waals surface area contributed by atoms with Crippen LogP contribution in [0.5, 0.6) is 0 Å². The van der Waals surface area contributed by atoms with Gasteiger partial charge in [-0.1, -0.05) is 0 Å². The van der Waals surface area contributed by atoms with Crippen LogP contribution in [0.1, 0.15) is 0 Å². The van der Waals surface area contributed by atoms with Gasteiger partial charge in [0, 0.05) is 0 Å². The van der Waals surface area contributed by atoms with E-state index in [0.717, 1.165) is 26.2 Å². The topological polar surface area (TPSA) is 108 Å². The summed E-state index contributed by atoms with van der Waals surface area (Å²) in [4.78, 5) is 29.1. The van der Waals surface area contributed by atoms with E-state index >= 15 is 0 Å². The molecule has 0 amide bonds. The van der Waals surface area contributed by atoms with Gasteiger partial charge in [-0.2, -0.15) is 9.97 Å². The molecule has 0 radical (unpaired) electrons. The molecule has 1 aliphatic rings. The summed E-state index contributed by atoms with van der Waals surface area (Å²) >= 11 is 0. The molecule has 3 heterocycles. The molecule has 2 aromatic rings. The molecule has 96 valence electrons. The predicted octanol–water partition coefficient (Wildman–Crippen LogP) is -2.44. The number of hydrogen-bond donors (Lipinski definition) is 4. The maximum Gasteiger partial charge on any atom is 0.278 e. The summed E-state index contributed by atoms with van der Waals surface area (Å²) in [6, 6.07) is 0. The largest absolute Gasteiger partial charge is 0.369 e. The van der Waals surface area contributed by atoms with E-state index in [1.54, 1.807) is 0 Å². The molecular formula is C10H16N7O+. The lowest BCUT2D eigenvalue weighted by Gasteiger charge is -2.29. The third kappa shape index (κ3) is 1.80. The fourth-order valence-electron chi connectivity index (χ4n) is 2.16. The summed E-state index contributed by atoms with van der Waals surface area (Å²) in [5.41, 5.74) is 5.96. The van der Waals surface area contributed by atoms with Gasteiger partial charge in [-0.3, -0.25) is 9.78 Å². The highest BCUT2D eigenvalue weighted by molar-refractivity contribution is 5.73. The quantitative estimate of drug-likeness (QED) is 0.450. The number of quaternary nitrogens is 1. The minimum absolute atomic E-state index is 0.0911. The molecule has 1 saturated heterocycles. The van der Waals surface area contributed by atoms with Gasteiger partial charge in [0.05, 0.1) is 33.2 Å². The minimum atomic E-state index is -0.281. The first kappa shape index (κ1) is 11.0. The molecule has 0 unspecified atom stereocenters. The second-order valence-corrected chi connectivity index (χ2v) is 4.65. The highest BCUT2D eigenvalue weighted by Gasteiger charge is 2.20. The zero-order valence-corrected chi connectivity index (χ0v) is 10.2. The van der Waals surface area contributed by atoms with E-state index in [2.05, 4.69) is 31.9 Å². The lowest BCUT2D eigenvalue weighted by atomic mass is 10.3. The first-order chi connectivity index (χ1) is 8.63. The molecule has 5 N–H and O–H groups in total. The molecule has 18 heavy (non-hydrogen) atoms. The van der Waals surface area contributed by atoms with Crippen molar-refractivity contribution < 1.29 is 4.90 Å². The van der Waals surface area contributed by atoms with Crippen molar-refractivity contribution in [2.45, 2.75) is 0 Å². The Balaban J connectivity index is 1.98. The van der Waals surface area contributed by atoms with Crippen LogP contribution in [0.25, 0.3) is 11.2 Å². The lowest BCUT2D eigenvalue weighted by Crippen LogP contribution is -3.12. The molecule has 0 bridgehead atoms. The van der Waals surface area contributed by atoms with Crippen LogP contribution in [0.4, 0.5) is 11.9 Å². The number of H-pyrrole nitrogens is 2. The van der Waals surface area contributed by atoms with Gasteiger partial charge in [-0.25, -0.2) is 0 Å². The molecule has 0 aliphatic carbocycles. The number of hydrogen-bond acceptors (Lipinski definition) is 5. The van der Waals surface area contributed by atoms with Gasteiger partial charge >= 0.3 is 0 Å². The van der Waals surface area contributed by atoms with Crippen molar-refractivity contribution in [3.63, 3.8) is 0 Å². The Labute approximate surface area is 103 Å². The molecule has 8 heteroatoms. The second kappa shape index (κ2) is 3.98. The number of nitrogens with two attached hydrogens (primary N) is 1. The number of rotatable bonds is 1. The number of imidazole rings is 1. The molecule has 1 fully saturated rings. The maximum absolute atomic E-state index is 11.7. The SMILES string of the molecule is C[NH+]1CCN(c2nc3nc(N)[nH]c(=O)c3[nH]2)CC1. The number of likely N-dealkylation sites (N-methyl/N-ethyl adjacent to an activating group) is 1. The van der Waals surface area contributed by atoms with Gasteiger partial charge in [-0.05, 0) is 0 Å². The Kier molecular flexibility index (Phi) is 2.44. The van der Waals surface area contributed by atoms with E-state index < -0.39 is 0 Å². The van der Waals surface area contributed by atoms with E-state index in [1.165, 1.54) is 4.90 Å². The standard InChI is InChI=1S/C10H15N7O/c1-16-2-4-17(5-3-16)10-12-6-7(14-10)13-9(11)15-8(6)18/h2-5H2,1H3,(H4,11,12,13,14,15,18)/p+1. The predicted molar refractivity (Wildman–Crippen MR) is 67.8 cm³/mol. The van der Waals surface area contributed by atoms with E-state index in [0.29, 0.717) is 17.1 Å². The molecule has 2 aromatic heterocycles. The highest BCUT2D eigenvalue weighted by Crippen LogP contribution is 2.13. The molecule has 3 rings (SSSR count). The van der Waals surface area contributed by atoms with Crippen molar-refractivity contribution in [2.75, 3.05) is 43.9 Å². The number of nitrogens with zero attached hydrogens (tertiary/aromatic N) is 3. The van der Waals surface area contributed by atoms with Crippen molar-refractivity contribution >= 4 is 23.1 Å². The fourth-order valence-corrected chi connectivity index (χ4v) is 2.16. The fraction of sp³-hybridized carbons (Fsp3) is 0.500. The molecule has 8 nitrogen and oxygen atoms in total. The average molecular weight is 250 g/mol. The Bertz CT molecular complexity index is 623. The van der Waals surface area contributed by atoms with Crippen molar-refractivity contribution in [3.05, 3.63) is 10.4 Å². The number of fused-ring (bicyclic) bond motifs is 1. The van der Waals surface area contributed by atoms with Crippen LogP contribution in [-0.4, -0.2) is 53.2 Å². The average Bonchev–Trinajstić information content (AvgIpc) is 2.74. The highest BCUT2D eigenvalue weighted by atomic mass is 16.1. The number of nitrogen functional groups attached to an aromatic ring is 1. The van der Waals surface area contributed by atoms with E-state index in [4.69, 9.17) is 5.73 Å². The smallest absolute Gasteiger partial charge is 0.278 e. The van der Waals surface area contributed by atoms with Gasteiger partial charge in [0.25, 0.3) is 5.56 Å². The zero-order chi connectivity index (χ0) is 12.7.